The van der Waals surface area contributed by atoms with Gasteiger partial charge in [0.25, 0.3) is 0 Å². The van der Waals surface area contributed by atoms with E-state index in [1.54, 1.807) is 24.3 Å². The molecule has 7 rings (SSSR count). The number of para-hydroxylation sites is 3. The summed E-state index contributed by atoms with van der Waals surface area (Å²) in [6.07, 6.45) is 2.45. The smallest absolute Gasteiger partial charge is 0.250 e. The Morgan fingerprint density at radius 2 is 1.57 bits per heavy atom. The van der Waals surface area contributed by atoms with E-state index in [1.807, 2.05) is 60.8 Å². The fraction of sp³-hybridized carbons (Fsp3) is 0.179. The molecule has 0 saturated carbocycles. The van der Waals surface area contributed by atoms with Crippen LogP contribution in [0.1, 0.15) is 11.1 Å². The maximum absolute atomic E-state index is 14.0. The highest BCUT2D eigenvalue weighted by molar-refractivity contribution is 6.25. The highest BCUT2D eigenvalue weighted by Crippen LogP contribution is 2.53. The lowest BCUT2D eigenvalue weighted by molar-refractivity contribution is -0.130. The van der Waals surface area contributed by atoms with E-state index in [9.17, 15) is 14.4 Å². The van der Waals surface area contributed by atoms with Gasteiger partial charge in [-0.1, -0.05) is 54.6 Å². The molecular formula is C28H22N4O3. The van der Waals surface area contributed by atoms with Crippen LogP contribution in [0.2, 0.25) is 0 Å². The summed E-state index contributed by atoms with van der Waals surface area (Å²) in [4.78, 5) is 46.0. The number of nitrogens with one attached hydrogen (secondary N) is 3. The minimum Gasteiger partial charge on any atom is -0.361 e. The Balaban J connectivity index is 1.38. The third-order valence-corrected chi connectivity index (χ3v) is 7.75. The van der Waals surface area contributed by atoms with Crippen LogP contribution >= 0.6 is 0 Å². The fourth-order valence-corrected chi connectivity index (χ4v) is 6.30. The standard InChI is InChI=1S/C28H22N4O3/c33-25-23-22(14-16-15-29-20-12-6-4-10-18(16)20)31-28(19-11-5-7-13-21(19)30-27(28)35)24(23)26(34)32(25)17-8-2-1-3-9-17/h1-13,15,22-24,29,31H,14H2,(H,30,35)/t22?,23-,24+,28?/m1/s1. The van der Waals surface area contributed by atoms with Gasteiger partial charge in [0.1, 0.15) is 5.54 Å². The molecule has 3 N–H and O–H groups in total. The molecule has 35 heavy (non-hydrogen) atoms. The van der Waals surface area contributed by atoms with Crippen LogP contribution in [0, 0.1) is 11.8 Å². The molecule has 3 aliphatic rings. The monoisotopic (exact) mass is 462 g/mol. The molecule has 1 aromatic heterocycles. The molecule has 4 heterocycles. The van der Waals surface area contributed by atoms with Gasteiger partial charge < -0.3 is 10.3 Å². The Bertz CT molecular complexity index is 1530. The molecule has 0 radical (unpaired) electrons. The number of anilines is 2. The first-order valence-electron chi connectivity index (χ1n) is 11.8. The van der Waals surface area contributed by atoms with Crippen LogP contribution in [-0.4, -0.2) is 28.7 Å². The molecule has 4 aromatic rings. The summed E-state index contributed by atoms with van der Waals surface area (Å²) in [5, 5.41) is 7.54. The Kier molecular flexibility index (Phi) is 4.11. The number of carbonyl (C=O) groups excluding carboxylic acids is 3. The van der Waals surface area contributed by atoms with Crippen LogP contribution in [0.25, 0.3) is 10.9 Å². The van der Waals surface area contributed by atoms with Crippen molar-refractivity contribution >= 4 is 40.0 Å². The van der Waals surface area contributed by atoms with Crippen molar-refractivity contribution in [2.75, 3.05) is 10.2 Å². The number of imide groups is 1. The number of benzene rings is 3. The van der Waals surface area contributed by atoms with E-state index < -0.39 is 23.4 Å². The van der Waals surface area contributed by atoms with Gasteiger partial charge in [-0.3, -0.25) is 19.7 Å². The van der Waals surface area contributed by atoms with Crippen LogP contribution < -0.4 is 15.5 Å². The third kappa shape index (κ3) is 2.61. The average molecular weight is 463 g/mol. The van der Waals surface area contributed by atoms with Crippen molar-refractivity contribution in [1.82, 2.24) is 10.3 Å². The lowest BCUT2D eigenvalue weighted by Crippen LogP contribution is -2.53. The molecule has 2 fully saturated rings. The van der Waals surface area contributed by atoms with Crippen LogP contribution in [0.5, 0.6) is 0 Å². The van der Waals surface area contributed by atoms with Crippen LogP contribution in [-0.2, 0) is 26.3 Å². The molecule has 7 heteroatoms. The second-order valence-electron chi connectivity index (χ2n) is 9.47. The summed E-state index contributed by atoms with van der Waals surface area (Å²) in [5.74, 6) is -2.40. The van der Waals surface area contributed by atoms with E-state index in [2.05, 4.69) is 15.6 Å². The van der Waals surface area contributed by atoms with Crippen LogP contribution in [0.15, 0.2) is 85.1 Å². The van der Waals surface area contributed by atoms with Gasteiger partial charge in [-0.2, -0.15) is 0 Å². The van der Waals surface area contributed by atoms with Gasteiger partial charge in [-0.15, -0.1) is 0 Å². The number of carbonyl (C=O) groups is 3. The third-order valence-electron chi connectivity index (χ3n) is 7.75. The Morgan fingerprint density at radius 1 is 0.829 bits per heavy atom. The summed E-state index contributed by atoms with van der Waals surface area (Å²) in [5.41, 5.74) is 2.68. The lowest BCUT2D eigenvalue weighted by Gasteiger charge is -2.29. The minimum absolute atomic E-state index is 0.266. The van der Waals surface area contributed by atoms with E-state index in [0.29, 0.717) is 17.8 Å². The molecule has 2 saturated heterocycles. The molecular weight excluding hydrogens is 440 g/mol. The Morgan fingerprint density at radius 3 is 2.43 bits per heavy atom. The summed E-state index contributed by atoms with van der Waals surface area (Å²) >= 11 is 0. The number of amides is 3. The van der Waals surface area contributed by atoms with Gasteiger partial charge in [-0.05, 0) is 36.2 Å². The van der Waals surface area contributed by atoms with E-state index >= 15 is 0 Å². The molecule has 172 valence electrons. The van der Waals surface area contributed by atoms with E-state index in [0.717, 1.165) is 22.0 Å². The molecule has 4 atom stereocenters. The predicted molar refractivity (Wildman–Crippen MR) is 132 cm³/mol. The number of hydrogen-bond donors (Lipinski definition) is 3. The van der Waals surface area contributed by atoms with Gasteiger partial charge in [0.2, 0.25) is 17.7 Å². The lowest BCUT2D eigenvalue weighted by atomic mass is 9.76. The quantitative estimate of drug-likeness (QED) is 0.407. The normalized spacial score (nSPS) is 27.0. The molecule has 3 amide bonds. The second kappa shape index (κ2) is 7.13. The molecule has 3 aliphatic heterocycles. The summed E-state index contributed by atoms with van der Waals surface area (Å²) in [6, 6.07) is 24.0. The Hall–Kier alpha value is -4.23. The van der Waals surface area contributed by atoms with Crippen molar-refractivity contribution in [1.29, 1.82) is 0 Å². The maximum atomic E-state index is 14.0. The Labute approximate surface area is 201 Å². The van der Waals surface area contributed by atoms with Crippen LogP contribution in [0.3, 0.4) is 0 Å². The average Bonchev–Trinajstić information content (AvgIpc) is 3.59. The van der Waals surface area contributed by atoms with E-state index in [4.69, 9.17) is 0 Å². The van der Waals surface area contributed by atoms with E-state index in [-0.39, 0.29) is 17.7 Å². The first kappa shape index (κ1) is 20.2. The summed E-state index contributed by atoms with van der Waals surface area (Å²) in [7, 11) is 0. The highest BCUT2D eigenvalue weighted by Gasteiger charge is 2.70. The largest absolute Gasteiger partial charge is 0.361 e. The topological polar surface area (TPSA) is 94.3 Å². The number of nitrogens with zero attached hydrogens (tertiary/aromatic N) is 1. The van der Waals surface area contributed by atoms with E-state index in [1.165, 1.54) is 4.90 Å². The number of aromatic nitrogens is 1. The molecule has 0 bridgehead atoms. The predicted octanol–water partition coefficient (Wildman–Crippen LogP) is 3.34. The number of fused-ring (bicyclic) bond motifs is 5. The van der Waals surface area contributed by atoms with Crippen molar-refractivity contribution in [3.63, 3.8) is 0 Å². The van der Waals surface area contributed by atoms with Crippen molar-refractivity contribution in [3.8, 4) is 0 Å². The maximum Gasteiger partial charge on any atom is 0.250 e. The highest BCUT2D eigenvalue weighted by atomic mass is 16.2. The van der Waals surface area contributed by atoms with Gasteiger partial charge in [0.15, 0.2) is 0 Å². The molecule has 0 aliphatic carbocycles. The SMILES string of the molecule is O=C1[C@@H]2C(Cc3c[nH]c4ccccc34)NC3(C(=O)Nc4ccccc43)[C@@H]2C(=O)N1c1ccccc1. The van der Waals surface area contributed by atoms with Crippen molar-refractivity contribution < 1.29 is 14.4 Å². The summed E-state index contributed by atoms with van der Waals surface area (Å²) < 4.78 is 0. The first-order chi connectivity index (χ1) is 17.1. The number of H-pyrrole nitrogens is 1. The van der Waals surface area contributed by atoms with Crippen LogP contribution in [0.4, 0.5) is 11.4 Å². The zero-order valence-corrected chi connectivity index (χ0v) is 18.7. The molecule has 3 aromatic carbocycles. The molecule has 2 unspecified atom stereocenters. The molecule has 1 spiro atoms. The zero-order chi connectivity index (χ0) is 23.7. The van der Waals surface area contributed by atoms with Gasteiger partial charge in [0, 0.05) is 34.4 Å². The van der Waals surface area contributed by atoms with Crippen molar-refractivity contribution in [2.45, 2.75) is 18.0 Å². The van der Waals surface area contributed by atoms with Gasteiger partial charge in [0.05, 0.1) is 17.5 Å². The number of rotatable bonds is 3. The first-order valence-corrected chi connectivity index (χ1v) is 11.8. The number of hydrogen-bond acceptors (Lipinski definition) is 4. The second-order valence-corrected chi connectivity index (χ2v) is 9.47. The minimum atomic E-state index is -1.30. The van der Waals surface area contributed by atoms with Crippen molar-refractivity contribution in [2.24, 2.45) is 11.8 Å². The van der Waals surface area contributed by atoms with Crippen molar-refractivity contribution in [3.05, 3.63) is 96.2 Å². The fourth-order valence-electron chi connectivity index (χ4n) is 6.30. The molecule has 7 nitrogen and oxygen atoms in total. The number of aromatic amines is 1. The summed E-state index contributed by atoms with van der Waals surface area (Å²) in [6.45, 7) is 0. The zero-order valence-electron chi connectivity index (χ0n) is 18.7. The van der Waals surface area contributed by atoms with Gasteiger partial charge in [-0.25, -0.2) is 4.90 Å². The van der Waals surface area contributed by atoms with Gasteiger partial charge >= 0.3 is 0 Å².